The molecule has 17 nitrogen and oxygen atoms in total. The van der Waals surface area contributed by atoms with Crippen LogP contribution in [0.3, 0.4) is 0 Å². The van der Waals surface area contributed by atoms with Crippen LogP contribution in [-0.2, 0) is 4.57 Å². The molecule has 0 radical (unpaired) electrons. The summed E-state index contributed by atoms with van der Waals surface area (Å²) in [6.45, 7) is 0. The monoisotopic (exact) mass is 342 g/mol. The number of guanidine groups is 4. The maximum atomic E-state index is 7.74. The first kappa shape index (κ1) is 32.1. The second kappa shape index (κ2) is 24.1. The summed E-state index contributed by atoms with van der Waals surface area (Å²) in [7, 11) is -4.25. The van der Waals surface area contributed by atoms with Crippen LogP contribution in [0.4, 0.5) is 0 Å². The van der Waals surface area contributed by atoms with E-state index in [1.54, 1.807) is 0 Å². The Morgan fingerprint density at radius 2 is 0.609 bits per heavy atom. The van der Waals surface area contributed by atoms with Gasteiger partial charge in [0.1, 0.15) is 0 Å². The molecular formula is C4H24B2N12O5. The van der Waals surface area contributed by atoms with Gasteiger partial charge in [0.2, 0.25) is 0 Å². The van der Waals surface area contributed by atoms with Gasteiger partial charge in [-0.1, -0.05) is 0 Å². The van der Waals surface area contributed by atoms with E-state index in [1.807, 2.05) is 0 Å². The number of nitrogens with one attached hydrogen (secondary N) is 4. The molecule has 0 aliphatic heterocycles. The fraction of sp³-hybridized carbons (Fsp3) is 0. The number of rotatable bonds is 2. The van der Waals surface area contributed by atoms with E-state index >= 15 is 0 Å². The van der Waals surface area contributed by atoms with Gasteiger partial charge < -0.3 is 70.5 Å². The molecule has 19 heteroatoms. The molecule has 0 aromatic carbocycles. The summed E-state index contributed by atoms with van der Waals surface area (Å²) in [6.07, 6.45) is 0. The van der Waals surface area contributed by atoms with Gasteiger partial charge in [-0.05, 0) is 0 Å². The van der Waals surface area contributed by atoms with Crippen molar-refractivity contribution in [2.45, 2.75) is 0 Å². The molecule has 0 heterocycles. The summed E-state index contributed by atoms with van der Waals surface area (Å²) >= 11 is 0. The molecule has 0 aromatic rings. The van der Waals surface area contributed by atoms with Gasteiger partial charge in [-0.2, -0.15) is 0 Å². The molecule has 0 atom stereocenters. The molecule has 0 saturated carbocycles. The molecule has 0 aliphatic carbocycles. The molecule has 0 spiro atoms. The molecule has 24 N–H and O–H groups in total. The van der Waals surface area contributed by atoms with Crippen LogP contribution in [0.1, 0.15) is 0 Å². The number of hydrogen-bond donors (Lipinski definition) is 16. The van der Waals surface area contributed by atoms with Crippen LogP contribution in [0.5, 0.6) is 0 Å². The summed E-state index contributed by atoms with van der Waals surface area (Å²) in [6, 6.07) is 0. The lowest BCUT2D eigenvalue weighted by atomic mass is 10.1. The highest BCUT2D eigenvalue weighted by Crippen LogP contribution is 1.73. The minimum Gasteiger partial charge on any atom is -0.402 e. The van der Waals surface area contributed by atoms with Crippen molar-refractivity contribution in [3.8, 4) is 0 Å². The topological polar surface area (TPSA) is 394 Å². The lowest BCUT2D eigenvalue weighted by molar-refractivity contribution is 0.213. The van der Waals surface area contributed by atoms with Crippen LogP contribution in [0.25, 0.3) is 0 Å². The third kappa shape index (κ3) is 5390. The van der Waals surface area contributed by atoms with Crippen molar-refractivity contribution in [3.05, 3.63) is 0 Å². The highest BCUT2D eigenvalue weighted by molar-refractivity contribution is 6.48. The lowest BCUT2D eigenvalue weighted by Gasteiger charge is -1.95. The van der Waals surface area contributed by atoms with Crippen LogP contribution < -0.4 is 45.9 Å². The fourth-order valence-corrected chi connectivity index (χ4v) is 0.109. The first-order chi connectivity index (χ1) is 10.1. The summed E-state index contributed by atoms with van der Waals surface area (Å²) in [5.41, 5.74) is 35.8. The molecule has 0 bridgehead atoms. The van der Waals surface area contributed by atoms with E-state index in [0.717, 1.165) is 0 Å². The van der Waals surface area contributed by atoms with E-state index in [1.165, 1.54) is 0 Å². The average molecular weight is 342 g/mol. The summed E-state index contributed by atoms with van der Waals surface area (Å²) in [5, 5.41) is 55.2. The Bertz CT molecular complexity index is 257. The highest BCUT2D eigenvalue weighted by Gasteiger charge is 2.18. The summed E-state index contributed by atoms with van der Waals surface area (Å²) < 4.78 is 3.47. The van der Waals surface area contributed by atoms with E-state index in [0.29, 0.717) is 0 Å². The van der Waals surface area contributed by atoms with Crippen molar-refractivity contribution in [1.29, 1.82) is 21.6 Å². The van der Waals surface area contributed by atoms with Crippen LogP contribution in [0.2, 0.25) is 0 Å². The van der Waals surface area contributed by atoms with Gasteiger partial charge in [0.15, 0.2) is 23.8 Å². The highest BCUT2D eigenvalue weighted by atomic mass is 16.7. The van der Waals surface area contributed by atoms with Crippen molar-refractivity contribution < 1.29 is 24.7 Å². The predicted octanol–water partition coefficient (Wildman–Crippen LogP) is -7.70. The number of hydrogen-bond acceptors (Lipinski definition) is 9. The van der Waals surface area contributed by atoms with Gasteiger partial charge in [0, 0.05) is 0 Å². The Kier molecular flexibility index (Phi) is 33.6. The largest absolute Gasteiger partial charge is 0.621 e. The van der Waals surface area contributed by atoms with Crippen LogP contribution >= 0.6 is 0 Å². The Labute approximate surface area is 131 Å². The molecule has 0 rings (SSSR count). The van der Waals surface area contributed by atoms with Crippen molar-refractivity contribution >= 4 is 38.5 Å². The zero-order chi connectivity index (χ0) is 20.2. The molecule has 23 heavy (non-hydrogen) atoms. The van der Waals surface area contributed by atoms with Crippen LogP contribution in [-0.4, -0.2) is 58.6 Å². The van der Waals surface area contributed by atoms with Gasteiger partial charge in [0.25, 0.3) is 0 Å². The SMILES string of the molecule is N=C(N)N.N=C(N)N.N=C(N)N.N=C(N)N.OB(O)OB(O)O. The third-order valence-corrected chi connectivity index (χ3v) is 0.243. The maximum absolute atomic E-state index is 7.74. The molecule has 0 aliphatic rings. The Morgan fingerprint density at radius 3 is 0.609 bits per heavy atom. The maximum Gasteiger partial charge on any atom is 0.621 e. The molecule has 136 valence electrons. The minimum absolute atomic E-state index is 0.333. The van der Waals surface area contributed by atoms with Crippen LogP contribution in [0.15, 0.2) is 0 Å². The number of nitrogens with two attached hydrogens (primary N) is 8. The molecule has 0 amide bonds. The van der Waals surface area contributed by atoms with Crippen molar-refractivity contribution in [2.75, 3.05) is 0 Å². The fourth-order valence-electron chi connectivity index (χ4n) is 0.109. The van der Waals surface area contributed by atoms with Crippen LogP contribution in [0, 0.1) is 21.6 Å². The smallest absolute Gasteiger partial charge is 0.402 e. The van der Waals surface area contributed by atoms with Crippen molar-refractivity contribution in [1.82, 2.24) is 0 Å². The van der Waals surface area contributed by atoms with Gasteiger partial charge in [0.05, 0.1) is 0 Å². The van der Waals surface area contributed by atoms with E-state index in [-0.39, 0.29) is 23.8 Å². The van der Waals surface area contributed by atoms with Gasteiger partial charge in [-0.15, -0.1) is 0 Å². The van der Waals surface area contributed by atoms with Gasteiger partial charge in [-0.3, -0.25) is 21.6 Å². The molecule has 0 aromatic heterocycles. The molecule has 0 saturated heterocycles. The molecular weight excluding hydrogens is 318 g/mol. The summed E-state index contributed by atoms with van der Waals surface area (Å²) in [4.78, 5) is 0. The Hall–Kier alpha value is -2.99. The minimum atomic E-state index is -2.13. The second-order valence-electron chi connectivity index (χ2n) is 2.61. The third-order valence-electron chi connectivity index (χ3n) is 0.243. The standard InChI is InChI=1S/4CH5N3.B2H4O5/c4*2-1(3)4;3-1(4)7-2(5)6/h4*(H5,2,3,4);3-6H. The Morgan fingerprint density at radius 1 is 0.522 bits per heavy atom. The predicted molar refractivity (Wildman–Crippen MR) is 85.9 cm³/mol. The van der Waals surface area contributed by atoms with E-state index < -0.39 is 14.6 Å². The van der Waals surface area contributed by atoms with Crippen molar-refractivity contribution in [2.24, 2.45) is 45.9 Å². The van der Waals surface area contributed by atoms with Crippen molar-refractivity contribution in [3.63, 3.8) is 0 Å². The Balaban J connectivity index is -0.0000000604. The zero-order valence-electron chi connectivity index (χ0n) is 12.0. The van der Waals surface area contributed by atoms with E-state index in [4.69, 9.17) is 41.7 Å². The quantitative estimate of drug-likeness (QED) is 0.126. The first-order valence-corrected chi connectivity index (χ1v) is 4.81. The normalized spacial score (nSPS) is 6.78. The zero-order valence-corrected chi connectivity index (χ0v) is 12.0. The molecule has 0 unspecified atom stereocenters. The van der Waals surface area contributed by atoms with Gasteiger partial charge in [-0.25, -0.2) is 0 Å². The average Bonchev–Trinajstić information content (AvgIpc) is 2.09. The molecule has 0 fully saturated rings. The van der Waals surface area contributed by atoms with E-state index in [2.05, 4.69) is 50.4 Å². The van der Waals surface area contributed by atoms with Gasteiger partial charge >= 0.3 is 14.6 Å². The first-order valence-electron chi connectivity index (χ1n) is 4.81. The second-order valence-corrected chi connectivity index (χ2v) is 2.61. The lowest BCUT2D eigenvalue weighted by Crippen LogP contribution is -2.28. The summed E-state index contributed by atoms with van der Waals surface area (Å²) in [5.74, 6) is -1.33. The van der Waals surface area contributed by atoms with E-state index in [9.17, 15) is 0 Å².